The maximum absolute atomic E-state index is 9.52. The Bertz CT molecular complexity index is 1240. The van der Waals surface area contributed by atoms with Gasteiger partial charge in [-0.15, -0.1) is 0 Å². The van der Waals surface area contributed by atoms with Gasteiger partial charge in [0.1, 0.15) is 5.75 Å². The first-order chi connectivity index (χ1) is 16.6. The van der Waals surface area contributed by atoms with E-state index in [2.05, 4.69) is 17.0 Å². The Morgan fingerprint density at radius 2 is 1.94 bits per heavy atom. The third-order valence-corrected chi connectivity index (χ3v) is 5.62. The number of nitrogens with zero attached hydrogens (tertiary/aromatic N) is 4. The fraction of sp³-hybridized carbons (Fsp3) is 0.346. The molecule has 34 heavy (non-hydrogen) atoms. The number of pyridine rings is 2. The van der Waals surface area contributed by atoms with Gasteiger partial charge in [0.25, 0.3) is 0 Å². The van der Waals surface area contributed by atoms with Crippen molar-refractivity contribution in [1.29, 1.82) is 0 Å². The maximum atomic E-state index is 9.52. The topological polar surface area (TPSA) is 108 Å². The molecule has 0 amide bonds. The van der Waals surface area contributed by atoms with Crippen LogP contribution in [0.15, 0.2) is 54.7 Å². The Labute approximate surface area is 199 Å². The summed E-state index contributed by atoms with van der Waals surface area (Å²) in [4.78, 5) is 9.38. The van der Waals surface area contributed by atoms with E-state index in [1.165, 1.54) is 0 Å². The summed E-state index contributed by atoms with van der Waals surface area (Å²) in [5.41, 5.74) is 10.3. The highest BCUT2D eigenvalue weighted by Gasteiger charge is 2.16. The number of rotatable bonds is 11. The van der Waals surface area contributed by atoms with Crippen LogP contribution in [0.4, 0.5) is 0 Å². The molecule has 0 unspecified atom stereocenters. The smallest absolute Gasteiger partial charge is 0.154 e. The SMILES string of the molecule is CCC[C@H](N)c1cccc(-c2cc(OCCCOC)c3cnn(-c4cccc(CO)n4)c3c2)n1. The summed E-state index contributed by atoms with van der Waals surface area (Å²) in [6.07, 6.45) is 4.43. The van der Waals surface area contributed by atoms with Crippen LogP contribution < -0.4 is 10.5 Å². The number of benzene rings is 1. The van der Waals surface area contributed by atoms with Crippen molar-refractivity contribution < 1.29 is 14.6 Å². The van der Waals surface area contributed by atoms with Crippen molar-refractivity contribution in [3.8, 4) is 22.8 Å². The van der Waals surface area contributed by atoms with Crippen LogP contribution in [0.5, 0.6) is 5.75 Å². The van der Waals surface area contributed by atoms with Crippen molar-refractivity contribution >= 4 is 10.9 Å². The minimum absolute atomic E-state index is 0.102. The molecule has 4 rings (SSSR count). The molecule has 3 N–H and O–H groups in total. The standard InChI is InChI=1S/C26H31N5O3/c1-3-7-21(27)23-10-5-9-22(30-23)18-14-24-20(25(15-18)34-13-6-12-33-2)16-28-31(24)26-11-4-8-19(17-32)29-26/h4-5,8-11,14-16,21,32H,3,6-7,12-13,17,27H2,1-2H3/t21-/m0/s1. The molecule has 3 aromatic heterocycles. The second-order valence-electron chi connectivity index (χ2n) is 8.15. The monoisotopic (exact) mass is 461 g/mol. The molecule has 3 heterocycles. The van der Waals surface area contributed by atoms with Gasteiger partial charge in [-0.2, -0.15) is 5.10 Å². The van der Waals surface area contributed by atoms with E-state index in [9.17, 15) is 5.11 Å². The molecular formula is C26H31N5O3. The van der Waals surface area contributed by atoms with Gasteiger partial charge < -0.3 is 20.3 Å². The Hall–Kier alpha value is -3.33. The molecule has 0 aliphatic rings. The van der Waals surface area contributed by atoms with E-state index in [4.69, 9.17) is 20.2 Å². The van der Waals surface area contributed by atoms with Crippen LogP contribution in [0.2, 0.25) is 0 Å². The lowest BCUT2D eigenvalue weighted by Crippen LogP contribution is -2.11. The Morgan fingerprint density at radius 1 is 1.09 bits per heavy atom. The summed E-state index contributed by atoms with van der Waals surface area (Å²) in [7, 11) is 1.68. The van der Waals surface area contributed by atoms with Gasteiger partial charge in [0, 0.05) is 31.7 Å². The third kappa shape index (κ3) is 5.25. The second kappa shape index (κ2) is 11.2. The van der Waals surface area contributed by atoms with E-state index in [1.54, 1.807) is 24.1 Å². The molecule has 0 aliphatic carbocycles. The summed E-state index contributed by atoms with van der Waals surface area (Å²) in [6.45, 7) is 3.12. The number of aliphatic hydroxyl groups is 1. The van der Waals surface area contributed by atoms with E-state index in [0.29, 0.717) is 24.7 Å². The lowest BCUT2D eigenvalue weighted by atomic mass is 10.1. The highest BCUT2D eigenvalue weighted by molar-refractivity contribution is 5.90. The Morgan fingerprint density at radius 3 is 2.74 bits per heavy atom. The number of fused-ring (bicyclic) bond motifs is 1. The van der Waals surface area contributed by atoms with Gasteiger partial charge in [-0.3, -0.25) is 4.98 Å². The lowest BCUT2D eigenvalue weighted by molar-refractivity contribution is 0.172. The summed E-state index contributed by atoms with van der Waals surface area (Å²) >= 11 is 0. The van der Waals surface area contributed by atoms with Gasteiger partial charge in [0.2, 0.25) is 0 Å². The van der Waals surface area contributed by atoms with E-state index in [1.807, 2.05) is 42.5 Å². The van der Waals surface area contributed by atoms with E-state index < -0.39 is 0 Å². The molecule has 0 fully saturated rings. The number of nitrogens with two attached hydrogens (primary N) is 1. The second-order valence-corrected chi connectivity index (χ2v) is 8.15. The minimum Gasteiger partial charge on any atom is -0.493 e. The van der Waals surface area contributed by atoms with Crippen LogP contribution in [0.25, 0.3) is 28.0 Å². The highest BCUT2D eigenvalue weighted by atomic mass is 16.5. The highest BCUT2D eigenvalue weighted by Crippen LogP contribution is 2.33. The van der Waals surface area contributed by atoms with Gasteiger partial charge in [0.05, 0.1) is 47.4 Å². The van der Waals surface area contributed by atoms with Gasteiger partial charge in [-0.05, 0) is 42.8 Å². The average Bonchev–Trinajstić information content (AvgIpc) is 3.31. The zero-order valence-electron chi connectivity index (χ0n) is 19.6. The summed E-state index contributed by atoms with van der Waals surface area (Å²) in [5, 5.41) is 15.0. The third-order valence-electron chi connectivity index (χ3n) is 5.62. The average molecular weight is 462 g/mol. The van der Waals surface area contributed by atoms with Crippen LogP contribution >= 0.6 is 0 Å². The number of methoxy groups -OCH3 is 1. The fourth-order valence-electron chi connectivity index (χ4n) is 3.88. The molecular weight excluding hydrogens is 430 g/mol. The number of ether oxygens (including phenoxy) is 2. The van der Waals surface area contributed by atoms with Crippen LogP contribution in [-0.2, 0) is 11.3 Å². The Kier molecular flexibility index (Phi) is 7.84. The molecule has 4 aromatic rings. The zero-order valence-corrected chi connectivity index (χ0v) is 19.6. The van der Waals surface area contributed by atoms with Crippen molar-refractivity contribution in [2.45, 2.75) is 38.8 Å². The van der Waals surface area contributed by atoms with Gasteiger partial charge in [-0.1, -0.05) is 25.5 Å². The predicted octanol–water partition coefficient (Wildman–Crippen LogP) is 4.19. The fourth-order valence-corrected chi connectivity index (χ4v) is 3.88. The van der Waals surface area contributed by atoms with Gasteiger partial charge >= 0.3 is 0 Å². The first-order valence-corrected chi connectivity index (χ1v) is 11.6. The van der Waals surface area contributed by atoms with E-state index in [0.717, 1.165) is 52.9 Å². The number of hydrogen-bond acceptors (Lipinski definition) is 7. The molecule has 178 valence electrons. The maximum Gasteiger partial charge on any atom is 0.154 e. The van der Waals surface area contributed by atoms with Gasteiger partial charge in [0.15, 0.2) is 5.82 Å². The first-order valence-electron chi connectivity index (χ1n) is 11.6. The molecule has 0 radical (unpaired) electrons. The van der Waals surface area contributed by atoms with Crippen molar-refractivity contribution in [2.75, 3.05) is 20.3 Å². The molecule has 0 spiro atoms. The number of aliphatic hydroxyl groups excluding tert-OH is 1. The van der Waals surface area contributed by atoms with Gasteiger partial charge in [-0.25, -0.2) is 9.67 Å². The molecule has 0 aliphatic heterocycles. The first kappa shape index (κ1) is 23.8. The van der Waals surface area contributed by atoms with E-state index in [-0.39, 0.29) is 12.6 Å². The van der Waals surface area contributed by atoms with E-state index >= 15 is 0 Å². The largest absolute Gasteiger partial charge is 0.493 e. The lowest BCUT2D eigenvalue weighted by Gasteiger charge is -2.13. The quantitative estimate of drug-likeness (QED) is 0.322. The summed E-state index contributed by atoms with van der Waals surface area (Å²) < 4.78 is 13.1. The molecule has 0 bridgehead atoms. The van der Waals surface area contributed by atoms with Crippen LogP contribution in [0.1, 0.15) is 43.6 Å². The molecule has 1 atom stereocenters. The molecule has 0 saturated heterocycles. The van der Waals surface area contributed by atoms with Crippen molar-refractivity contribution in [3.63, 3.8) is 0 Å². The number of aromatic nitrogens is 4. The van der Waals surface area contributed by atoms with Crippen molar-refractivity contribution in [3.05, 3.63) is 66.1 Å². The summed E-state index contributed by atoms with van der Waals surface area (Å²) in [5.74, 6) is 1.34. The molecule has 0 saturated carbocycles. The molecule has 8 heteroatoms. The summed E-state index contributed by atoms with van der Waals surface area (Å²) in [6, 6.07) is 15.4. The normalized spacial score (nSPS) is 12.2. The molecule has 1 aromatic carbocycles. The van der Waals surface area contributed by atoms with Crippen molar-refractivity contribution in [1.82, 2.24) is 19.7 Å². The van der Waals surface area contributed by atoms with Crippen LogP contribution in [0, 0.1) is 0 Å². The predicted molar refractivity (Wildman–Crippen MR) is 132 cm³/mol. The van der Waals surface area contributed by atoms with Crippen molar-refractivity contribution in [2.24, 2.45) is 5.73 Å². The zero-order chi connectivity index (χ0) is 23.9. The van der Waals surface area contributed by atoms with Crippen LogP contribution in [0.3, 0.4) is 0 Å². The van der Waals surface area contributed by atoms with Crippen LogP contribution in [-0.4, -0.2) is 45.2 Å². The Balaban J connectivity index is 1.81. The molecule has 8 nitrogen and oxygen atoms in total. The number of hydrogen-bond donors (Lipinski definition) is 2. The minimum atomic E-state index is -0.138.